The highest BCUT2D eigenvalue weighted by atomic mass is 35.5. The largest absolute Gasteiger partial charge is 0.448 e. The van der Waals surface area contributed by atoms with Gasteiger partial charge in [-0.1, -0.05) is 101 Å². The molecule has 0 bridgehead atoms. The first kappa shape index (κ1) is 33.5. The van der Waals surface area contributed by atoms with Crippen LogP contribution in [0.15, 0.2) is 86.1 Å². The Morgan fingerprint density at radius 1 is 1.12 bits per heavy atom. The van der Waals surface area contributed by atoms with E-state index in [4.69, 9.17) is 27.8 Å². The second kappa shape index (κ2) is 14.4. The van der Waals surface area contributed by atoms with E-state index in [1.54, 1.807) is 5.38 Å². The minimum Gasteiger partial charge on any atom is -0.448 e. The first-order valence-electron chi connectivity index (χ1n) is 14.0. The van der Waals surface area contributed by atoms with Gasteiger partial charge in [-0.15, -0.1) is 23.1 Å². The van der Waals surface area contributed by atoms with Crippen LogP contribution in [0.3, 0.4) is 0 Å². The summed E-state index contributed by atoms with van der Waals surface area (Å²) in [5.74, 6) is -2.52. The van der Waals surface area contributed by atoms with Crippen molar-refractivity contribution < 1.29 is 29.1 Å². The lowest BCUT2D eigenvalue weighted by molar-refractivity contribution is -0.154. The van der Waals surface area contributed by atoms with Crippen molar-refractivity contribution in [2.24, 2.45) is 10.9 Å². The van der Waals surface area contributed by atoms with Crippen LogP contribution in [0.25, 0.3) is 0 Å². The number of nitrogens with two attached hydrogens (primary N) is 2. The minimum atomic E-state index is -1.08. The number of hydrogen-bond donors (Lipinski definition) is 4. The van der Waals surface area contributed by atoms with Crippen LogP contribution in [0.4, 0.5) is 5.13 Å². The molecule has 4 aromatic rings. The molecule has 6 N–H and O–H groups in total. The molecule has 0 saturated carbocycles. The number of halogens is 1. The van der Waals surface area contributed by atoms with E-state index in [0.717, 1.165) is 22.5 Å². The number of aromatic nitrogens is 2. The lowest BCUT2D eigenvalue weighted by Gasteiger charge is -2.49. The predicted octanol–water partition coefficient (Wildman–Crippen LogP) is 3.78. The smallest absolute Gasteiger partial charge is 0.356 e. The van der Waals surface area contributed by atoms with Gasteiger partial charge in [0, 0.05) is 16.0 Å². The van der Waals surface area contributed by atoms with Gasteiger partial charge in [-0.2, -0.15) is 0 Å². The average molecular weight is 742 g/mol. The van der Waals surface area contributed by atoms with E-state index in [0.29, 0.717) is 14.9 Å². The summed E-state index contributed by atoms with van der Waals surface area (Å²) in [5, 5.41) is 16.3. The summed E-state index contributed by atoms with van der Waals surface area (Å²) in [5.41, 5.74) is 12.3. The lowest BCUT2D eigenvalue weighted by Crippen LogP contribution is -2.71. The summed E-state index contributed by atoms with van der Waals surface area (Å²) in [6.07, 6.45) is -0.833. The van der Waals surface area contributed by atoms with E-state index in [-0.39, 0.29) is 33.0 Å². The molecule has 6 rings (SSSR count). The number of nitrogen functional groups attached to an aromatic ring is 1. The molecule has 0 spiro atoms. The Balaban J connectivity index is 1.31. The maximum absolute atomic E-state index is 14.2. The quantitative estimate of drug-likeness (QED) is 0.0573. The number of carbonyl (C=O) groups excluding carboxylic acids is 4. The molecule has 0 unspecified atom stereocenters. The summed E-state index contributed by atoms with van der Waals surface area (Å²) in [6.45, 7) is 0. The van der Waals surface area contributed by atoms with Gasteiger partial charge in [0.05, 0.1) is 12.1 Å². The van der Waals surface area contributed by atoms with Crippen molar-refractivity contribution in [1.82, 2.24) is 20.2 Å². The molecule has 18 heteroatoms. The number of carbonyl (C=O) groups is 4. The Hall–Kier alpha value is -4.42. The number of fused-ring (bicyclic) bond motifs is 1. The molecule has 2 aromatic heterocycles. The molecule has 48 heavy (non-hydrogen) atoms. The fraction of sp³-hybridized carbons (Fsp3) is 0.167. The van der Waals surface area contributed by atoms with E-state index < -0.39 is 46.9 Å². The number of rotatable bonds is 11. The Labute approximate surface area is 294 Å². The number of hydrogen-bond acceptors (Lipinski definition) is 14. The highest BCUT2D eigenvalue weighted by Crippen LogP contribution is 2.46. The number of ether oxygens (including phenoxy) is 1. The number of oxime groups is 1. The zero-order valence-corrected chi connectivity index (χ0v) is 28.5. The number of anilines is 1. The number of benzene rings is 2. The molecule has 1 saturated heterocycles. The molecule has 2 aliphatic heterocycles. The number of esters is 1. The molecule has 0 radical (unpaired) electrons. The monoisotopic (exact) mass is 741 g/mol. The Kier molecular flexibility index (Phi) is 10.0. The van der Waals surface area contributed by atoms with Crippen molar-refractivity contribution in [1.29, 1.82) is 0 Å². The Bertz CT molecular complexity index is 1910. The van der Waals surface area contributed by atoms with E-state index in [1.807, 2.05) is 60.7 Å². The number of thioether (sulfide) groups is 2. The molecule has 1 fully saturated rings. The van der Waals surface area contributed by atoms with Crippen LogP contribution >= 0.6 is 57.8 Å². The maximum Gasteiger partial charge on any atom is 0.356 e. The fourth-order valence-electron chi connectivity index (χ4n) is 4.98. The van der Waals surface area contributed by atoms with Gasteiger partial charge in [-0.25, -0.2) is 14.8 Å². The zero-order chi connectivity index (χ0) is 33.9. The molecule has 2 atom stereocenters. The second-order valence-electron chi connectivity index (χ2n) is 10.2. The van der Waals surface area contributed by atoms with Crippen LogP contribution in [0.5, 0.6) is 0 Å². The van der Waals surface area contributed by atoms with Crippen molar-refractivity contribution in [2.45, 2.75) is 28.3 Å². The number of amides is 3. The summed E-state index contributed by atoms with van der Waals surface area (Å²) in [7, 11) is 0. The Morgan fingerprint density at radius 3 is 2.38 bits per heavy atom. The van der Waals surface area contributed by atoms with Gasteiger partial charge in [0.15, 0.2) is 21.3 Å². The van der Waals surface area contributed by atoms with Crippen LogP contribution in [0, 0.1) is 0 Å². The maximum atomic E-state index is 14.2. The van der Waals surface area contributed by atoms with E-state index >= 15 is 0 Å². The van der Waals surface area contributed by atoms with Gasteiger partial charge in [-0.05, 0) is 11.1 Å². The average Bonchev–Trinajstić information content (AvgIpc) is 3.66. The van der Waals surface area contributed by atoms with Crippen molar-refractivity contribution >= 4 is 92.3 Å². The van der Waals surface area contributed by atoms with Gasteiger partial charge >= 0.3 is 5.97 Å². The molecular weight excluding hydrogens is 718 g/mol. The molecule has 2 aromatic carbocycles. The van der Waals surface area contributed by atoms with E-state index in [2.05, 4.69) is 20.4 Å². The van der Waals surface area contributed by atoms with Crippen LogP contribution in [-0.2, 0) is 30.3 Å². The van der Waals surface area contributed by atoms with E-state index in [9.17, 15) is 24.4 Å². The number of β-lactam (4-membered cyclic amide) rings is 1. The number of nitrogens with one attached hydrogen (secondary N) is 1. The van der Waals surface area contributed by atoms with Crippen molar-refractivity contribution in [3.8, 4) is 0 Å². The molecule has 2 aliphatic rings. The van der Waals surface area contributed by atoms with Gasteiger partial charge in [0.25, 0.3) is 11.8 Å². The van der Waals surface area contributed by atoms with Crippen molar-refractivity contribution in [3.05, 3.63) is 103 Å². The normalized spacial score (nSPS) is 17.6. The lowest BCUT2D eigenvalue weighted by atomic mass is 10.0. The molecule has 0 aliphatic carbocycles. The number of thiazole rings is 2. The fourth-order valence-corrected chi connectivity index (χ4v) is 9.38. The van der Waals surface area contributed by atoms with Crippen molar-refractivity contribution in [3.63, 3.8) is 0 Å². The third kappa shape index (κ3) is 6.91. The summed E-state index contributed by atoms with van der Waals surface area (Å²) in [4.78, 5) is 62.7. The van der Waals surface area contributed by atoms with Crippen LogP contribution in [-0.4, -0.2) is 66.6 Å². The predicted molar refractivity (Wildman–Crippen MR) is 184 cm³/mol. The Morgan fingerprint density at radius 2 is 1.79 bits per heavy atom. The number of primary amides is 1. The SMILES string of the molecule is NC(=O)Cc1csc(SC2=C(C(=O)OC(c3ccccc3)c3ccccc3)N3C(=O)[C@@H](NC(=O)/C(=N\O)c4nc(N)sc4Cl)[C@H]3SC2)n1. The minimum absolute atomic E-state index is 0.00845. The van der Waals surface area contributed by atoms with Crippen molar-refractivity contribution in [2.75, 3.05) is 11.5 Å². The topological polar surface area (TPSA) is 203 Å². The number of nitrogens with zero attached hydrogens (tertiary/aromatic N) is 4. The third-order valence-electron chi connectivity index (χ3n) is 7.08. The molecule has 4 heterocycles. The zero-order valence-electron chi connectivity index (χ0n) is 24.4. The standard InChI is InChI=1S/C30H24ClN7O6S4/c31-24-19(36-29(33)48-24)20(37-43)25(40)35-21-26(41)38-22(17(13-45-27(21)38)47-30-34-16(12-46-30)11-18(32)39)28(42)44-23(14-7-3-1-4-8-14)15-9-5-2-6-10-15/h1-10,12,21,23,27,43H,11,13H2,(H2,32,39)(H2,33,36)(H,35,40)/b37-20-/t21-,27-/m1/s1. The van der Waals surface area contributed by atoms with Crippen LogP contribution < -0.4 is 16.8 Å². The summed E-state index contributed by atoms with van der Waals surface area (Å²) in [6, 6.07) is 17.3. The third-order valence-corrected chi connectivity index (χ3v) is 11.7. The summed E-state index contributed by atoms with van der Waals surface area (Å²) < 4.78 is 6.74. The van der Waals surface area contributed by atoms with Crippen LogP contribution in [0.2, 0.25) is 4.34 Å². The second-order valence-corrected chi connectivity index (χ2v) is 15.2. The first-order chi connectivity index (χ1) is 23.1. The van der Waals surface area contributed by atoms with Gasteiger partial charge in [0.1, 0.15) is 27.1 Å². The molecule has 246 valence electrons. The van der Waals surface area contributed by atoms with Crippen LogP contribution in [0.1, 0.15) is 28.6 Å². The van der Waals surface area contributed by atoms with Gasteiger partial charge in [0.2, 0.25) is 5.91 Å². The highest BCUT2D eigenvalue weighted by molar-refractivity contribution is 8.07. The van der Waals surface area contributed by atoms with Gasteiger partial charge < -0.3 is 26.7 Å². The van der Waals surface area contributed by atoms with E-state index in [1.165, 1.54) is 39.8 Å². The molecular formula is C30H24ClN7O6S4. The molecule has 13 nitrogen and oxygen atoms in total. The first-order valence-corrected chi connectivity index (χ1v) is 17.9. The highest BCUT2D eigenvalue weighted by Gasteiger charge is 2.55. The summed E-state index contributed by atoms with van der Waals surface area (Å²) >= 11 is 10.8. The molecule has 3 amide bonds. The van der Waals surface area contributed by atoms with Gasteiger partial charge in [-0.3, -0.25) is 19.3 Å².